The second-order valence-corrected chi connectivity index (χ2v) is 7.43. The van der Waals surface area contributed by atoms with Crippen molar-refractivity contribution in [1.82, 2.24) is 14.9 Å². The monoisotopic (exact) mass is 335 g/mol. The van der Waals surface area contributed by atoms with Crippen LogP contribution in [0.3, 0.4) is 0 Å². The van der Waals surface area contributed by atoms with E-state index < -0.39 is 0 Å². The summed E-state index contributed by atoms with van der Waals surface area (Å²) < 4.78 is 7.44. The van der Waals surface area contributed by atoms with Gasteiger partial charge in [-0.1, -0.05) is 25.6 Å². The number of aryl methyl sites for hydroxylation is 1. The number of amides is 1. The van der Waals surface area contributed by atoms with Crippen molar-refractivity contribution in [3.8, 4) is 0 Å². The van der Waals surface area contributed by atoms with E-state index in [1.165, 1.54) is 17.5 Å². The number of imidazole rings is 1. The fraction of sp³-hybridized carbons (Fsp3) is 0.529. The summed E-state index contributed by atoms with van der Waals surface area (Å²) in [7, 11) is 0. The molecular weight excluding hydrogens is 310 g/mol. The van der Waals surface area contributed by atoms with Gasteiger partial charge in [0.2, 0.25) is 5.91 Å². The molecule has 2 heterocycles. The molecule has 2 aromatic rings. The van der Waals surface area contributed by atoms with Crippen LogP contribution in [-0.2, 0) is 17.9 Å². The minimum Gasteiger partial charge on any atom is -0.467 e. The highest BCUT2D eigenvalue weighted by Gasteiger charge is 2.20. The molecule has 2 rings (SSSR count). The van der Waals surface area contributed by atoms with Crippen LogP contribution in [-0.4, -0.2) is 20.7 Å². The molecule has 0 aliphatic carbocycles. The van der Waals surface area contributed by atoms with Crippen molar-refractivity contribution in [2.24, 2.45) is 5.92 Å². The number of nitrogens with one attached hydrogen (secondary N) is 1. The molecule has 1 N–H and O–H groups in total. The molecule has 0 saturated carbocycles. The topological polar surface area (TPSA) is 60.1 Å². The molecular formula is C17H25N3O2S. The Hall–Kier alpha value is -1.69. The minimum atomic E-state index is -0.211. The first-order chi connectivity index (χ1) is 10.9. The zero-order chi connectivity index (χ0) is 17.0. The molecule has 0 aliphatic rings. The first-order valence-electron chi connectivity index (χ1n) is 7.89. The zero-order valence-corrected chi connectivity index (χ0v) is 15.2. The highest BCUT2D eigenvalue weighted by atomic mass is 32.2. The maximum Gasteiger partial charge on any atom is 0.233 e. The summed E-state index contributed by atoms with van der Waals surface area (Å²) in [5, 5.41) is 3.60. The Kier molecular flexibility index (Phi) is 5.93. The SMILES string of the molecule is Cc1nc(SC(C)C(=O)NCc2ccco2)n(CC(C)C)c1C. The van der Waals surface area contributed by atoms with Crippen molar-refractivity contribution in [2.45, 2.75) is 58.1 Å². The number of carbonyl (C=O) groups is 1. The predicted molar refractivity (Wildman–Crippen MR) is 92.4 cm³/mol. The molecule has 0 radical (unpaired) electrons. The van der Waals surface area contributed by atoms with Crippen molar-refractivity contribution < 1.29 is 9.21 Å². The van der Waals surface area contributed by atoms with Crippen LogP contribution < -0.4 is 5.32 Å². The highest BCUT2D eigenvalue weighted by Crippen LogP contribution is 2.26. The third kappa shape index (κ3) is 4.64. The minimum absolute atomic E-state index is 0.0131. The number of rotatable bonds is 7. The fourth-order valence-corrected chi connectivity index (χ4v) is 3.27. The van der Waals surface area contributed by atoms with Gasteiger partial charge < -0.3 is 14.3 Å². The number of hydrogen-bond acceptors (Lipinski definition) is 4. The number of hydrogen-bond donors (Lipinski definition) is 1. The van der Waals surface area contributed by atoms with E-state index in [1.54, 1.807) is 6.26 Å². The van der Waals surface area contributed by atoms with Crippen molar-refractivity contribution in [1.29, 1.82) is 0 Å². The van der Waals surface area contributed by atoms with Gasteiger partial charge in [-0.25, -0.2) is 4.98 Å². The van der Waals surface area contributed by atoms with E-state index in [-0.39, 0.29) is 11.2 Å². The first-order valence-corrected chi connectivity index (χ1v) is 8.77. The van der Waals surface area contributed by atoms with Crippen LogP contribution in [0.1, 0.15) is 37.9 Å². The van der Waals surface area contributed by atoms with Gasteiger partial charge in [0, 0.05) is 12.2 Å². The maximum absolute atomic E-state index is 12.3. The zero-order valence-electron chi connectivity index (χ0n) is 14.4. The van der Waals surface area contributed by atoms with Crippen LogP contribution in [0.4, 0.5) is 0 Å². The van der Waals surface area contributed by atoms with E-state index in [1.807, 2.05) is 26.0 Å². The predicted octanol–water partition coefficient (Wildman–Crippen LogP) is 3.55. The average Bonchev–Trinajstić information content (AvgIpc) is 3.09. The fourth-order valence-electron chi connectivity index (χ4n) is 2.24. The van der Waals surface area contributed by atoms with Crippen LogP contribution in [0.15, 0.2) is 28.0 Å². The van der Waals surface area contributed by atoms with Gasteiger partial charge in [-0.2, -0.15) is 0 Å². The van der Waals surface area contributed by atoms with Crippen molar-refractivity contribution >= 4 is 17.7 Å². The summed E-state index contributed by atoms with van der Waals surface area (Å²) in [5.41, 5.74) is 2.20. The maximum atomic E-state index is 12.3. The molecule has 126 valence electrons. The van der Waals surface area contributed by atoms with Crippen molar-refractivity contribution in [3.05, 3.63) is 35.5 Å². The Bertz CT molecular complexity index is 647. The Morgan fingerprint density at radius 3 is 2.74 bits per heavy atom. The molecule has 0 saturated heterocycles. The van der Waals surface area contributed by atoms with Gasteiger partial charge in [-0.05, 0) is 38.8 Å². The van der Waals surface area contributed by atoms with Crippen LogP contribution in [0.5, 0.6) is 0 Å². The molecule has 0 aliphatic heterocycles. The Morgan fingerprint density at radius 1 is 1.39 bits per heavy atom. The lowest BCUT2D eigenvalue weighted by Crippen LogP contribution is -2.30. The molecule has 2 aromatic heterocycles. The lowest BCUT2D eigenvalue weighted by Gasteiger charge is -2.15. The molecule has 1 unspecified atom stereocenters. The highest BCUT2D eigenvalue weighted by molar-refractivity contribution is 8.00. The molecule has 1 atom stereocenters. The van der Waals surface area contributed by atoms with Gasteiger partial charge in [-0.3, -0.25) is 4.79 Å². The third-order valence-corrected chi connectivity index (χ3v) is 4.73. The molecule has 6 heteroatoms. The van der Waals surface area contributed by atoms with Gasteiger partial charge in [0.25, 0.3) is 0 Å². The van der Waals surface area contributed by atoms with Crippen LogP contribution in [0, 0.1) is 19.8 Å². The quantitative estimate of drug-likeness (QED) is 0.786. The van der Waals surface area contributed by atoms with Gasteiger partial charge in [-0.15, -0.1) is 0 Å². The summed E-state index contributed by atoms with van der Waals surface area (Å²) in [6.45, 7) is 11.7. The summed E-state index contributed by atoms with van der Waals surface area (Å²) in [4.78, 5) is 16.9. The Labute approximate surface area is 141 Å². The first kappa shape index (κ1) is 17.7. The molecule has 0 spiro atoms. The van der Waals surface area contributed by atoms with E-state index in [4.69, 9.17) is 4.42 Å². The van der Waals surface area contributed by atoms with E-state index in [2.05, 4.69) is 35.6 Å². The van der Waals surface area contributed by atoms with Gasteiger partial charge in [0.1, 0.15) is 5.76 Å². The van der Waals surface area contributed by atoms with Crippen LogP contribution in [0.25, 0.3) is 0 Å². The molecule has 0 aromatic carbocycles. The Balaban J connectivity index is 2.00. The van der Waals surface area contributed by atoms with E-state index in [0.29, 0.717) is 12.5 Å². The standard InChI is InChI=1S/C17H25N3O2S/c1-11(2)10-20-13(4)12(3)19-17(20)23-14(5)16(21)18-9-15-7-6-8-22-15/h6-8,11,14H,9-10H2,1-5H3,(H,18,21). The summed E-state index contributed by atoms with van der Waals surface area (Å²) in [5.74, 6) is 1.27. The average molecular weight is 335 g/mol. The number of carbonyl (C=O) groups excluding carboxylic acids is 1. The van der Waals surface area contributed by atoms with Crippen molar-refractivity contribution in [3.63, 3.8) is 0 Å². The molecule has 0 bridgehead atoms. The Morgan fingerprint density at radius 2 is 2.13 bits per heavy atom. The molecule has 23 heavy (non-hydrogen) atoms. The van der Waals surface area contributed by atoms with E-state index >= 15 is 0 Å². The van der Waals surface area contributed by atoms with Crippen molar-refractivity contribution in [2.75, 3.05) is 0 Å². The lowest BCUT2D eigenvalue weighted by atomic mass is 10.2. The summed E-state index contributed by atoms with van der Waals surface area (Å²) in [6.07, 6.45) is 1.61. The smallest absolute Gasteiger partial charge is 0.233 e. The largest absolute Gasteiger partial charge is 0.467 e. The van der Waals surface area contributed by atoms with Crippen LogP contribution >= 0.6 is 11.8 Å². The normalized spacial score (nSPS) is 12.6. The second kappa shape index (κ2) is 7.73. The second-order valence-electron chi connectivity index (χ2n) is 6.13. The van der Waals surface area contributed by atoms with Gasteiger partial charge in [0.15, 0.2) is 5.16 Å². The number of nitrogens with zero attached hydrogens (tertiary/aromatic N) is 2. The number of aromatic nitrogens is 2. The molecule has 1 amide bonds. The van der Waals surface area contributed by atoms with E-state index in [9.17, 15) is 4.79 Å². The number of furan rings is 1. The van der Waals surface area contributed by atoms with Gasteiger partial charge >= 0.3 is 0 Å². The molecule has 0 fully saturated rings. The third-order valence-electron chi connectivity index (χ3n) is 3.64. The van der Waals surface area contributed by atoms with Gasteiger partial charge in [0.05, 0.1) is 23.8 Å². The summed E-state index contributed by atoms with van der Waals surface area (Å²) in [6, 6.07) is 3.66. The lowest BCUT2D eigenvalue weighted by molar-refractivity contribution is -0.120. The number of thioether (sulfide) groups is 1. The van der Waals surface area contributed by atoms with Crippen LogP contribution in [0.2, 0.25) is 0 Å². The van der Waals surface area contributed by atoms with E-state index in [0.717, 1.165) is 23.2 Å². The summed E-state index contributed by atoms with van der Waals surface area (Å²) >= 11 is 1.50. The molecule has 5 nitrogen and oxygen atoms in total.